The molecule has 7 nitrogen and oxygen atoms in total. The molecule has 0 aliphatic heterocycles. The van der Waals surface area contributed by atoms with Crippen molar-refractivity contribution in [3.8, 4) is 0 Å². The van der Waals surface area contributed by atoms with Crippen molar-refractivity contribution in [1.82, 2.24) is 15.0 Å². The number of aromatic nitrogens is 3. The second-order valence-corrected chi connectivity index (χ2v) is 8.96. The molecule has 0 bridgehead atoms. The van der Waals surface area contributed by atoms with Crippen molar-refractivity contribution in [2.24, 2.45) is 0 Å². The SMILES string of the molecule is CN(c1ncccc1CNc1ccnc2[nH]c3c(c12)CCCC3)S(C)(=O)=O. The lowest BCUT2D eigenvalue weighted by molar-refractivity contribution is 0.599. The lowest BCUT2D eigenvalue weighted by Crippen LogP contribution is -2.27. The summed E-state index contributed by atoms with van der Waals surface area (Å²) in [7, 11) is -1.85. The summed E-state index contributed by atoms with van der Waals surface area (Å²) in [5.74, 6) is 0.439. The molecular formula is C19H23N5O2S. The second-order valence-electron chi connectivity index (χ2n) is 6.94. The number of H-pyrrole nitrogens is 1. The van der Waals surface area contributed by atoms with Gasteiger partial charge in [-0.3, -0.25) is 4.31 Å². The molecule has 3 aromatic rings. The van der Waals surface area contributed by atoms with Crippen LogP contribution in [-0.4, -0.2) is 36.7 Å². The van der Waals surface area contributed by atoms with Crippen molar-refractivity contribution in [3.63, 3.8) is 0 Å². The fourth-order valence-corrected chi connectivity index (χ4v) is 4.15. The van der Waals surface area contributed by atoms with Crippen LogP contribution < -0.4 is 9.62 Å². The molecule has 0 radical (unpaired) electrons. The van der Waals surface area contributed by atoms with Crippen molar-refractivity contribution in [2.75, 3.05) is 22.9 Å². The standard InChI is InChI=1S/C19H23N5O2S/c1-24(27(2,25)26)19-13(6-5-10-21-19)12-22-16-9-11-20-18-17(16)14-7-3-4-8-15(14)23-18/h5-6,9-11H,3-4,7-8,12H2,1-2H3,(H2,20,22,23). The highest BCUT2D eigenvalue weighted by molar-refractivity contribution is 7.92. The molecule has 4 rings (SSSR count). The van der Waals surface area contributed by atoms with Crippen molar-refractivity contribution in [3.05, 3.63) is 47.4 Å². The number of anilines is 2. The molecule has 3 heterocycles. The summed E-state index contributed by atoms with van der Waals surface area (Å²) >= 11 is 0. The van der Waals surface area contributed by atoms with Gasteiger partial charge in [-0.25, -0.2) is 18.4 Å². The van der Waals surface area contributed by atoms with E-state index >= 15 is 0 Å². The fraction of sp³-hybridized carbons (Fsp3) is 0.368. The molecule has 0 saturated carbocycles. The Kier molecular flexibility index (Phi) is 4.51. The van der Waals surface area contributed by atoms with Crippen LogP contribution in [0.3, 0.4) is 0 Å². The van der Waals surface area contributed by atoms with E-state index in [9.17, 15) is 8.42 Å². The van der Waals surface area contributed by atoms with Gasteiger partial charge in [0.05, 0.1) is 6.26 Å². The summed E-state index contributed by atoms with van der Waals surface area (Å²) in [5, 5.41) is 4.61. The Hall–Kier alpha value is -2.61. The van der Waals surface area contributed by atoms with E-state index in [0.29, 0.717) is 12.4 Å². The van der Waals surface area contributed by atoms with Crippen LogP contribution in [0.5, 0.6) is 0 Å². The number of hydrogen-bond donors (Lipinski definition) is 2. The maximum absolute atomic E-state index is 11.9. The Morgan fingerprint density at radius 1 is 1.19 bits per heavy atom. The fourth-order valence-electron chi connectivity index (χ4n) is 3.67. The average Bonchev–Trinajstić information content (AvgIpc) is 3.04. The molecule has 0 aromatic carbocycles. The molecule has 1 aliphatic rings. The first-order valence-corrected chi connectivity index (χ1v) is 10.9. The van der Waals surface area contributed by atoms with Gasteiger partial charge >= 0.3 is 0 Å². The van der Waals surface area contributed by atoms with Crippen LogP contribution in [0.2, 0.25) is 0 Å². The van der Waals surface area contributed by atoms with Crippen LogP contribution in [0.1, 0.15) is 29.7 Å². The number of fused-ring (bicyclic) bond motifs is 3. The van der Waals surface area contributed by atoms with Crippen molar-refractivity contribution < 1.29 is 8.42 Å². The molecule has 0 fully saturated rings. The van der Waals surface area contributed by atoms with Gasteiger partial charge in [-0.1, -0.05) is 6.07 Å². The lowest BCUT2D eigenvalue weighted by Gasteiger charge is -2.19. The highest BCUT2D eigenvalue weighted by atomic mass is 32.2. The molecule has 8 heteroatoms. The predicted octanol–water partition coefficient (Wildman–Crippen LogP) is 2.84. The van der Waals surface area contributed by atoms with E-state index in [-0.39, 0.29) is 0 Å². The van der Waals surface area contributed by atoms with Gasteiger partial charge in [0.1, 0.15) is 11.5 Å². The van der Waals surface area contributed by atoms with E-state index in [4.69, 9.17) is 0 Å². The highest BCUT2D eigenvalue weighted by Crippen LogP contribution is 2.33. The Balaban J connectivity index is 1.67. The zero-order valence-corrected chi connectivity index (χ0v) is 16.3. The number of nitrogens with zero attached hydrogens (tertiary/aromatic N) is 3. The third-order valence-electron chi connectivity index (χ3n) is 5.12. The molecule has 142 valence electrons. The van der Waals surface area contributed by atoms with E-state index in [1.54, 1.807) is 12.4 Å². The Morgan fingerprint density at radius 2 is 2.00 bits per heavy atom. The molecule has 2 N–H and O–H groups in total. The lowest BCUT2D eigenvalue weighted by atomic mass is 9.95. The predicted molar refractivity (Wildman–Crippen MR) is 108 cm³/mol. The first-order valence-electron chi connectivity index (χ1n) is 9.05. The van der Waals surface area contributed by atoms with E-state index in [0.717, 1.165) is 35.1 Å². The topological polar surface area (TPSA) is 91.0 Å². The van der Waals surface area contributed by atoms with Crippen LogP contribution in [0.25, 0.3) is 11.0 Å². The average molecular weight is 385 g/mol. The molecule has 1 aliphatic carbocycles. The van der Waals surface area contributed by atoms with Crippen molar-refractivity contribution in [2.45, 2.75) is 32.2 Å². The minimum Gasteiger partial charge on any atom is -0.380 e. The summed E-state index contributed by atoms with van der Waals surface area (Å²) < 4.78 is 25.0. The van der Waals surface area contributed by atoms with Gasteiger partial charge in [-0.2, -0.15) is 0 Å². The molecule has 0 atom stereocenters. The number of sulfonamides is 1. The number of aromatic amines is 1. The third kappa shape index (κ3) is 3.37. The summed E-state index contributed by atoms with van der Waals surface area (Å²) in [4.78, 5) is 12.2. The number of hydrogen-bond acceptors (Lipinski definition) is 5. The summed E-state index contributed by atoms with van der Waals surface area (Å²) in [6, 6.07) is 5.68. The van der Waals surface area contributed by atoms with Crippen LogP contribution in [-0.2, 0) is 29.4 Å². The maximum atomic E-state index is 11.9. The monoisotopic (exact) mass is 385 g/mol. The third-order valence-corrected chi connectivity index (χ3v) is 6.29. The van der Waals surface area contributed by atoms with Crippen LogP contribution in [0, 0.1) is 0 Å². The number of rotatable bonds is 5. The first kappa shape index (κ1) is 17.8. The first-order chi connectivity index (χ1) is 12.9. The van der Waals surface area contributed by atoms with Crippen LogP contribution in [0.4, 0.5) is 11.5 Å². The Morgan fingerprint density at radius 3 is 2.81 bits per heavy atom. The zero-order valence-electron chi connectivity index (χ0n) is 15.5. The normalized spacial score (nSPS) is 14.1. The summed E-state index contributed by atoms with van der Waals surface area (Å²) in [6.07, 6.45) is 9.10. The summed E-state index contributed by atoms with van der Waals surface area (Å²) in [6.45, 7) is 0.474. The molecule has 3 aromatic heterocycles. The molecule has 0 unspecified atom stereocenters. The Labute approximate surface area is 158 Å². The largest absolute Gasteiger partial charge is 0.380 e. The molecular weight excluding hydrogens is 362 g/mol. The number of nitrogens with one attached hydrogen (secondary N) is 2. The van der Waals surface area contributed by atoms with Gasteiger partial charge < -0.3 is 10.3 Å². The van der Waals surface area contributed by atoms with E-state index in [2.05, 4.69) is 20.3 Å². The molecule has 27 heavy (non-hydrogen) atoms. The Bertz CT molecular complexity index is 1090. The molecule has 0 saturated heterocycles. The van der Waals surface area contributed by atoms with Gasteiger partial charge in [-0.15, -0.1) is 0 Å². The van der Waals surface area contributed by atoms with Gasteiger partial charge in [0.15, 0.2) is 0 Å². The van der Waals surface area contributed by atoms with Gasteiger partial charge in [0.2, 0.25) is 10.0 Å². The minimum atomic E-state index is -3.37. The van der Waals surface area contributed by atoms with E-state index in [1.165, 1.54) is 41.7 Å². The van der Waals surface area contributed by atoms with E-state index in [1.807, 2.05) is 18.2 Å². The summed E-state index contributed by atoms with van der Waals surface area (Å²) in [5.41, 5.74) is 5.38. The minimum absolute atomic E-state index is 0.439. The zero-order chi connectivity index (χ0) is 19.0. The van der Waals surface area contributed by atoms with Gasteiger partial charge in [-0.05, 0) is 43.4 Å². The van der Waals surface area contributed by atoms with Gasteiger partial charge in [0.25, 0.3) is 0 Å². The molecule has 0 spiro atoms. The molecule has 0 amide bonds. The number of pyridine rings is 2. The van der Waals surface area contributed by atoms with Crippen LogP contribution >= 0.6 is 0 Å². The van der Waals surface area contributed by atoms with Crippen molar-refractivity contribution in [1.29, 1.82) is 0 Å². The van der Waals surface area contributed by atoms with Gasteiger partial charge in [0, 0.05) is 48.3 Å². The smallest absolute Gasteiger partial charge is 0.233 e. The highest BCUT2D eigenvalue weighted by Gasteiger charge is 2.20. The second kappa shape index (κ2) is 6.84. The van der Waals surface area contributed by atoms with Crippen LogP contribution in [0.15, 0.2) is 30.6 Å². The van der Waals surface area contributed by atoms with Crippen molar-refractivity contribution >= 4 is 32.6 Å². The number of aryl methyl sites for hydroxylation is 2. The maximum Gasteiger partial charge on any atom is 0.233 e. The van der Waals surface area contributed by atoms with E-state index < -0.39 is 10.0 Å². The quantitative estimate of drug-likeness (QED) is 0.705.